The summed E-state index contributed by atoms with van der Waals surface area (Å²) in [5.74, 6) is 0.0223. The van der Waals surface area contributed by atoms with Gasteiger partial charge in [0.25, 0.3) is 0 Å². The van der Waals surface area contributed by atoms with Crippen LogP contribution in [0.15, 0.2) is 47.5 Å². The fraction of sp³-hybridized carbons (Fsp3) is 0.227. The largest absolute Gasteiger partial charge is 0.292 e. The van der Waals surface area contributed by atoms with Gasteiger partial charge in [0, 0.05) is 30.3 Å². The molecule has 1 aliphatic heterocycles. The Kier molecular flexibility index (Phi) is 6.90. The average Bonchev–Trinajstić information content (AvgIpc) is 2.64. The van der Waals surface area contributed by atoms with Crippen molar-refractivity contribution < 1.29 is 4.79 Å². The van der Waals surface area contributed by atoms with E-state index in [4.69, 9.17) is 46.4 Å². The fourth-order valence-corrected chi connectivity index (χ4v) is 3.65. The highest BCUT2D eigenvalue weighted by Gasteiger charge is 2.27. The van der Waals surface area contributed by atoms with Crippen molar-refractivity contribution in [3.63, 3.8) is 0 Å². The highest BCUT2D eigenvalue weighted by Crippen LogP contribution is 2.28. The monoisotopic (exact) mass is 453 g/mol. The van der Waals surface area contributed by atoms with Gasteiger partial charge in [-0.3, -0.25) is 9.69 Å². The Labute approximate surface area is 185 Å². The molecule has 2 nitrogen and oxygen atoms in total. The number of likely N-dealkylation sites (tertiary alicyclic amines) is 1. The first-order chi connectivity index (χ1) is 13.2. The lowest BCUT2D eigenvalue weighted by molar-refractivity contribution is -0.113. The molecular formula is C22H19Cl4NO. The topological polar surface area (TPSA) is 20.3 Å². The molecule has 0 aromatic heterocycles. The molecule has 0 N–H and O–H groups in total. The number of hydrogen-bond donors (Lipinski definition) is 0. The number of halogens is 4. The molecular weight excluding hydrogens is 436 g/mol. The molecule has 2 aromatic carbocycles. The molecule has 0 bridgehead atoms. The van der Waals surface area contributed by atoms with Crippen molar-refractivity contribution in [3.05, 3.63) is 78.8 Å². The number of hydrogen-bond acceptors (Lipinski definition) is 2. The lowest BCUT2D eigenvalue weighted by atomic mass is 9.93. The van der Waals surface area contributed by atoms with Crippen LogP contribution in [0.2, 0.25) is 20.1 Å². The van der Waals surface area contributed by atoms with Gasteiger partial charge in [0.05, 0.1) is 20.1 Å². The molecule has 3 rings (SSSR count). The third-order valence-electron chi connectivity index (χ3n) is 4.63. The maximum absolute atomic E-state index is 13.1. The molecule has 2 aromatic rings. The van der Waals surface area contributed by atoms with Crippen LogP contribution in [-0.2, 0) is 4.79 Å². The molecule has 1 heterocycles. The zero-order valence-electron chi connectivity index (χ0n) is 15.5. The molecule has 0 atom stereocenters. The number of rotatable bonds is 3. The molecule has 0 radical (unpaired) electrons. The minimum atomic E-state index is 0.0223. The van der Waals surface area contributed by atoms with Crippen molar-refractivity contribution in [2.24, 2.45) is 0 Å². The van der Waals surface area contributed by atoms with Gasteiger partial charge >= 0.3 is 0 Å². The smallest absolute Gasteiger partial charge is 0.187 e. The summed E-state index contributed by atoms with van der Waals surface area (Å²) < 4.78 is 0. The highest BCUT2D eigenvalue weighted by atomic mass is 35.5. The molecule has 0 saturated carbocycles. The Morgan fingerprint density at radius 1 is 0.786 bits per heavy atom. The summed E-state index contributed by atoms with van der Waals surface area (Å²) >= 11 is 24.2. The number of nitrogens with zero attached hydrogens (tertiary/aromatic N) is 1. The van der Waals surface area contributed by atoms with Crippen molar-refractivity contribution in [1.29, 1.82) is 0 Å². The summed E-state index contributed by atoms with van der Waals surface area (Å²) in [6, 6.07) is 11.0. The lowest BCUT2D eigenvalue weighted by Gasteiger charge is -2.32. The van der Waals surface area contributed by atoms with Crippen LogP contribution in [0.5, 0.6) is 0 Å². The zero-order valence-corrected chi connectivity index (χ0v) is 18.5. The fourth-order valence-electron chi connectivity index (χ4n) is 3.04. The van der Waals surface area contributed by atoms with Gasteiger partial charge in [-0.2, -0.15) is 0 Å². The van der Waals surface area contributed by atoms with E-state index in [1.54, 1.807) is 24.3 Å². The SMILES string of the molecule is CC(C)N1CC(=Cc2ccc(Cl)c(Cl)c2)C(=O)C(=Cc2ccc(Cl)c(Cl)c2)C1. The van der Waals surface area contributed by atoms with E-state index in [1.165, 1.54) is 0 Å². The predicted octanol–water partition coefficient (Wildman–Crippen LogP) is 7.06. The van der Waals surface area contributed by atoms with Crippen LogP contribution in [0.1, 0.15) is 25.0 Å². The van der Waals surface area contributed by atoms with Gasteiger partial charge in [-0.15, -0.1) is 0 Å². The first-order valence-corrected chi connectivity index (χ1v) is 10.4. The lowest BCUT2D eigenvalue weighted by Crippen LogP contribution is -2.41. The molecule has 6 heteroatoms. The minimum absolute atomic E-state index is 0.0223. The van der Waals surface area contributed by atoms with Crippen molar-refractivity contribution in [1.82, 2.24) is 4.90 Å². The number of piperidine rings is 1. The Morgan fingerprint density at radius 3 is 1.57 bits per heavy atom. The summed E-state index contributed by atoms with van der Waals surface area (Å²) in [4.78, 5) is 15.4. The number of carbonyl (C=O) groups excluding carboxylic acids is 1. The molecule has 28 heavy (non-hydrogen) atoms. The van der Waals surface area contributed by atoms with Crippen LogP contribution in [-0.4, -0.2) is 29.8 Å². The number of benzene rings is 2. The van der Waals surface area contributed by atoms with Gasteiger partial charge < -0.3 is 0 Å². The van der Waals surface area contributed by atoms with E-state index in [2.05, 4.69) is 18.7 Å². The van der Waals surface area contributed by atoms with Crippen LogP contribution >= 0.6 is 46.4 Å². The molecule has 1 fully saturated rings. The number of carbonyl (C=O) groups is 1. The molecule has 146 valence electrons. The summed E-state index contributed by atoms with van der Waals surface area (Å²) in [6.45, 7) is 5.39. The zero-order chi connectivity index (χ0) is 20.4. The van der Waals surface area contributed by atoms with Crippen molar-refractivity contribution in [2.45, 2.75) is 19.9 Å². The van der Waals surface area contributed by atoms with Gasteiger partial charge in [-0.05, 0) is 61.4 Å². The van der Waals surface area contributed by atoms with E-state index in [1.807, 2.05) is 24.3 Å². The van der Waals surface area contributed by atoms with Crippen LogP contribution in [0, 0.1) is 0 Å². The van der Waals surface area contributed by atoms with Crippen LogP contribution in [0.3, 0.4) is 0 Å². The van der Waals surface area contributed by atoms with E-state index in [0.717, 1.165) is 11.1 Å². The molecule has 1 saturated heterocycles. The van der Waals surface area contributed by atoms with E-state index < -0.39 is 0 Å². The molecule has 0 aliphatic carbocycles. The first-order valence-electron chi connectivity index (χ1n) is 8.84. The summed E-state index contributed by atoms with van der Waals surface area (Å²) in [5.41, 5.74) is 3.11. The van der Waals surface area contributed by atoms with Gasteiger partial charge in [0.1, 0.15) is 0 Å². The van der Waals surface area contributed by atoms with E-state index in [9.17, 15) is 4.79 Å². The molecule has 0 amide bonds. The Hall–Kier alpha value is -1.29. The molecule has 0 unspecified atom stereocenters. The van der Waals surface area contributed by atoms with Crippen molar-refractivity contribution >= 4 is 64.3 Å². The molecule has 1 aliphatic rings. The first kappa shape index (κ1) is 21.4. The maximum atomic E-state index is 13.1. The summed E-state index contributed by atoms with van der Waals surface area (Å²) in [5, 5.41) is 1.91. The van der Waals surface area contributed by atoms with Gasteiger partial charge in [-0.1, -0.05) is 58.5 Å². The Balaban J connectivity index is 1.99. The minimum Gasteiger partial charge on any atom is -0.292 e. The summed E-state index contributed by atoms with van der Waals surface area (Å²) in [6.07, 6.45) is 3.75. The number of ketones is 1. The second kappa shape index (κ2) is 9.02. The number of Topliss-reactive ketones (excluding diaryl/α,β-unsaturated/α-hetero) is 1. The second-order valence-electron chi connectivity index (χ2n) is 7.01. The van der Waals surface area contributed by atoms with Crippen LogP contribution in [0.4, 0.5) is 0 Å². The second-order valence-corrected chi connectivity index (χ2v) is 8.64. The third-order valence-corrected chi connectivity index (χ3v) is 6.11. The standard InChI is InChI=1S/C22H19Cl4NO/c1-13(2)27-11-16(7-14-3-5-18(23)20(25)9-14)22(28)17(12-27)8-15-4-6-19(24)21(26)10-15/h3-10,13H,11-12H2,1-2H3. The van der Waals surface area contributed by atoms with Gasteiger partial charge in [0.15, 0.2) is 5.78 Å². The van der Waals surface area contributed by atoms with Gasteiger partial charge in [0.2, 0.25) is 0 Å². The van der Waals surface area contributed by atoms with Gasteiger partial charge in [-0.25, -0.2) is 0 Å². The Bertz CT molecular complexity index is 905. The Morgan fingerprint density at radius 2 is 1.21 bits per heavy atom. The van der Waals surface area contributed by atoms with E-state index in [0.29, 0.717) is 50.4 Å². The van der Waals surface area contributed by atoms with Crippen LogP contribution < -0.4 is 0 Å². The molecule has 0 spiro atoms. The predicted molar refractivity (Wildman–Crippen MR) is 121 cm³/mol. The van der Waals surface area contributed by atoms with Crippen molar-refractivity contribution in [2.75, 3.05) is 13.1 Å². The van der Waals surface area contributed by atoms with Crippen molar-refractivity contribution in [3.8, 4) is 0 Å². The van der Waals surface area contributed by atoms with E-state index in [-0.39, 0.29) is 5.78 Å². The summed E-state index contributed by atoms with van der Waals surface area (Å²) in [7, 11) is 0. The van der Waals surface area contributed by atoms with Crippen LogP contribution in [0.25, 0.3) is 12.2 Å². The normalized spacial score (nSPS) is 18.5. The maximum Gasteiger partial charge on any atom is 0.187 e. The highest BCUT2D eigenvalue weighted by molar-refractivity contribution is 6.42. The third kappa shape index (κ3) is 5.00. The van der Waals surface area contributed by atoms with E-state index >= 15 is 0 Å². The quantitative estimate of drug-likeness (QED) is 0.462. The average molecular weight is 455 g/mol.